The van der Waals surface area contributed by atoms with Gasteiger partial charge in [0.05, 0.1) is 5.41 Å². The first kappa shape index (κ1) is 17.2. The molecule has 1 atom stereocenters. The number of carboxylic acids is 1. The highest BCUT2D eigenvalue weighted by atomic mass is 19.1. The Morgan fingerprint density at radius 1 is 1.39 bits per heavy atom. The number of halogens is 2. The third-order valence-corrected chi connectivity index (χ3v) is 4.43. The van der Waals surface area contributed by atoms with Crippen LogP contribution in [0.2, 0.25) is 0 Å². The Balaban J connectivity index is 1.98. The van der Waals surface area contributed by atoms with E-state index in [1.807, 2.05) is 13.8 Å². The second-order valence-electron chi connectivity index (χ2n) is 6.04. The molecule has 7 heteroatoms. The zero-order valence-electron chi connectivity index (χ0n) is 13.0. The van der Waals surface area contributed by atoms with Crippen molar-refractivity contribution in [3.8, 4) is 5.75 Å². The van der Waals surface area contributed by atoms with Crippen LogP contribution in [0.1, 0.15) is 20.3 Å². The number of hydrogen-bond acceptors (Lipinski definition) is 3. The van der Waals surface area contributed by atoms with Crippen molar-refractivity contribution in [1.29, 1.82) is 0 Å². The molecular weight excluding hydrogens is 308 g/mol. The van der Waals surface area contributed by atoms with Gasteiger partial charge in [-0.25, -0.2) is 8.78 Å². The van der Waals surface area contributed by atoms with Crippen LogP contribution in [-0.4, -0.2) is 41.6 Å². The summed E-state index contributed by atoms with van der Waals surface area (Å²) in [6.45, 7) is 3.63. The highest BCUT2D eigenvalue weighted by Crippen LogP contribution is 2.38. The van der Waals surface area contributed by atoms with Crippen LogP contribution in [0, 0.1) is 23.0 Å². The molecule has 5 nitrogen and oxygen atoms in total. The number of ether oxygens (including phenoxy) is 1. The Labute approximate surface area is 132 Å². The Morgan fingerprint density at radius 2 is 2.09 bits per heavy atom. The van der Waals surface area contributed by atoms with Crippen molar-refractivity contribution >= 4 is 11.9 Å². The van der Waals surface area contributed by atoms with Gasteiger partial charge in [0.1, 0.15) is 5.82 Å². The van der Waals surface area contributed by atoms with Crippen molar-refractivity contribution in [3.63, 3.8) is 0 Å². The first-order valence-corrected chi connectivity index (χ1v) is 7.35. The van der Waals surface area contributed by atoms with Gasteiger partial charge in [0.25, 0.3) is 5.91 Å². The van der Waals surface area contributed by atoms with E-state index in [4.69, 9.17) is 4.74 Å². The summed E-state index contributed by atoms with van der Waals surface area (Å²) in [6.07, 6.45) is 0.372. The summed E-state index contributed by atoms with van der Waals surface area (Å²) >= 11 is 0. The molecule has 1 unspecified atom stereocenters. The molecule has 1 aromatic rings. The molecule has 23 heavy (non-hydrogen) atoms. The number of carboxylic acid groups (broad SMARTS) is 1. The van der Waals surface area contributed by atoms with Gasteiger partial charge in [0, 0.05) is 19.2 Å². The third-order valence-electron chi connectivity index (χ3n) is 4.43. The van der Waals surface area contributed by atoms with E-state index < -0.39 is 35.5 Å². The van der Waals surface area contributed by atoms with Gasteiger partial charge in [-0.3, -0.25) is 9.59 Å². The lowest BCUT2D eigenvalue weighted by Gasteiger charge is -2.28. The second-order valence-corrected chi connectivity index (χ2v) is 6.04. The van der Waals surface area contributed by atoms with E-state index in [0.717, 1.165) is 12.1 Å². The highest BCUT2D eigenvalue weighted by molar-refractivity contribution is 5.81. The number of carbonyl (C=O) groups excluding carboxylic acids is 1. The predicted octanol–water partition coefficient (Wildman–Crippen LogP) is 2.30. The summed E-state index contributed by atoms with van der Waals surface area (Å²) < 4.78 is 31.3. The number of hydrogen-bond donors (Lipinski definition) is 1. The van der Waals surface area contributed by atoms with Crippen molar-refractivity contribution in [2.24, 2.45) is 11.3 Å². The zero-order valence-corrected chi connectivity index (χ0v) is 13.0. The minimum absolute atomic E-state index is 0.105. The summed E-state index contributed by atoms with van der Waals surface area (Å²) in [6, 6.07) is 2.81. The molecule has 0 radical (unpaired) electrons. The smallest absolute Gasteiger partial charge is 0.311 e. The van der Waals surface area contributed by atoms with Gasteiger partial charge in [0.15, 0.2) is 18.2 Å². The minimum Gasteiger partial charge on any atom is -0.481 e. The number of likely N-dealkylation sites (tertiary alicyclic amines) is 1. The molecule has 2 rings (SSSR count). The molecular formula is C16H19F2NO4. The Morgan fingerprint density at radius 3 is 2.61 bits per heavy atom. The van der Waals surface area contributed by atoms with Crippen LogP contribution in [0.3, 0.4) is 0 Å². The molecule has 126 valence electrons. The van der Waals surface area contributed by atoms with E-state index in [1.54, 1.807) is 0 Å². The summed E-state index contributed by atoms with van der Waals surface area (Å²) in [7, 11) is 0. The first-order valence-electron chi connectivity index (χ1n) is 7.35. The van der Waals surface area contributed by atoms with E-state index in [9.17, 15) is 23.5 Å². The van der Waals surface area contributed by atoms with E-state index >= 15 is 0 Å². The average molecular weight is 327 g/mol. The zero-order chi connectivity index (χ0) is 17.2. The van der Waals surface area contributed by atoms with Gasteiger partial charge in [-0.2, -0.15) is 0 Å². The number of rotatable bonds is 5. The summed E-state index contributed by atoms with van der Waals surface area (Å²) in [5.74, 6) is -3.29. The summed E-state index contributed by atoms with van der Waals surface area (Å²) in [5.41, 5.74) is -0.962. The third kappa shape index (κ3) is 3.43. The minimum atomic E-state index is -0.962. The van der Waals surface area contributed by atoms with Gasteiger partial charge in [0.2, 0.25) is 0 Å². The SMILES string of the molecule is CC(C)C1(C(=O)O)CCN(C(=O)COc2ccc(F)cc2F)C1. The Kier molecular flexibility index (Phi) is 4.87. The van der Waals surface area contributed by atoms with Crippen LogP contribution >= 0.6 is 0 Å². The number of carbonyl (C=O) groups is 2. The summed E-state index contributed by atoms with van der Waals surface area (Å²) in [5, 5.41) is 9.45. The fourth-order valence-electron chi connectivity index (χ4n) is 2.76. The Hall–Kier alpha value is -2.18. The maximum atomic E-state index is 13.4. The molecule has 0 spiro atoms. The average Bonchev–Trinajstić information content (AvgIpc) is 2.92. The molecule has 1 saturated heterocycles. The first-order chi connectivity index (χ1) is 10.8. The normalized spacial score (nSPS) is 20.8. The van der Waals surface area contributed by atoms with Crippen molar-refractivity contribution in [2.75, 3.05) is 19.7 Å². The standard InChI is InChI=1S/C16H19F2NO4/c1-10(2)16(15(21)22)5-6-19(9-16)14(20)8-23-13-4-3-11(17)7-12(13)18/h3-4,7,10H,5-6,8-9H2,1-2H3,(H,21,22). The van der Waals surface area contributed by atoms with E-state index in [1.165, 1.54) is 4.90 Å². The van der Waals surface area contributed by atoms with E-state index in [0.29, 0.717) is 19.0 Å². The van der Waals surface area contributed by atoms with Gasteiger partial charge in [-0.15, -0.1) is 0 Å². The van der Waals surface area contributed by atoms with E-state index in [-0.39, 0.29) is 18.2 Å². The van der Waals surface area contributed by atoms with Gasteiger partial charge < -0.3 is 14.7 Å². The molecule has 1 heterocycles. The second kappa shape index (κ2) is 6.52. The van der Waals surface area contributed by atoms with Gasteiger partial charge in [-0.05, 0) is 24.5 Å². The topological polar surface area (TPSA) is 66.8 Å². The van der Waals surface area contributed by atoms with Crippen LogP contribution < -0.4 is 4.74 Å². The molecule has 1 N–H and O–H groups in total. The number of benzene rings is 1. The molecule has 1 amide bonds. The Bertz CT molecular complexity index is 620. The van der Waals surface area contributed by atoms with Crippen molar-refractivity contribution in [1.82, 2.24) is 4.90 Å². The molecule has 1 fully saturated rings. The van der Waals surface area contributed by atoms with Crippen LogP contribution in [-0.2, 0) is 9.59 Å². The molecule has 1 aliphatic rings. The predicted molar refractivity (Wildman–Crippen MR) is 78.0 cm³/mol. The lowest BCUT2D eigenvalue weighted by atomic mass is 9.76. The van der Waals surface area contributed by atoms with Crippen LogP contribution in [0.4, 0.5) is 8.78 Å². The molecule has 1 aromatic carbocycles. The highest BCUT2D eigenvalue weighted by Gasteiger charge is 2.48. The maximum Gasteiger partial charge on any atom is 0.311 e. The van der Waals surface area contributed by atoms with Crippen molar-refractivity contribution in [3.05, 3.63) is 29.8 Å². The monoisotopic (exact) mass is 327 g/mol. The molecule has 0 bridgehead atoms. The van der Waals surface area contributed by atoms with Gasteiger partial charge >= 0.3 is 5.97 Å². The summed E-state index contributed by atoms with van der Waals surface area (Å²) in [4.78, 5) is 25.1. The van der Waals surface area contributed by atoms with E-state index in [2.05, 4.69) is 0 Å². The largest absolute Gasteiger partial charge is 0.481 e. The van der Waals surface area contributed by atoms with Crippen molar-refractivity contribution < 1.29 is 28.2 Å². The fourth-order valence-corrected chi connectivity index (χ4v) is 2.76. The van der Waals surface area contributed by atoms with Crippen LogP contribution in [0.25, 0.3) is 0 Å². The van der Waals surface area contributed by atoms with Gasteiger partial charge in [-0.1, -0.05) is 13.8 Å². The number of amides is 1. The fraction of sp³-hybridized carbons (Fsp3) is 0.500. The number of aliphatic carboxylic acids is 1. The van der Waals surface area contributed by atoms with Crippen LogP contribution in [0.5, 0.6) is 5.75 Å². The molecule has 0 saturated carbocycles. The lowest BCUT2D eigenvalue weighted by Crippen LogP contribution is -2.41. The number of nitrogens with zero attached hydrogens (tertiary/aromatic N) is 1. The molecule has 0 aliphatic carbocycles. The maximum absolute atomic E-state index is 13.4. The van der Waals surface area contributed by atoms with Crippen LogP contribution in [0.15, 0.2) is 18.2 Å². The molecule has 1 aliphatic heterocycles. The quantitative estimate of drug-likeness (QED) is 0.901. The lowest BCUT2D eigenvalue weighted by molar-refractivity contribution is -0.151. The molecule has 0 aromatic heterocycles. The van der Waals surface area contributed by atoms with Crippen molar-refractivity contribution in [2.45, 2.75) is 20.3 Å².